The predicted octanol–water partition coefficient (Wildman–Crippen LogP) is 3.77. The molecule has 0 radical (unpaired) electrons. The fraction of sp³-hybridized carbons (Fsp3) is 0.381. The van der Waals surface area contributed by atoms with E-state index in [0.717, 1.165) is 31.4 Å². The standard InChI is InChI=1S/C21H26N2O3S2/c24-21(22-13-8-16-27-19-10-3-1-4-11-19)18-9-7-12-20(17-18)28(25,26)23-14-5-2-6-15-23/h1,3-4,7,9-12,17H,2,5-6,8,13-16H2,(H,22,24). The molecule has 1 saturated heterocycles. The monoisotopic (exact) mass is 418 g/mol. The van der Waals surface area contributed by atoms with Crippen molar-refractivity contribution in [3.05, 3.63) is 60.2 Å². The molecule has 1 N–H and O–H groups in total. The van der Waals surface area contributed by atoms with Gasteiger partial charge >= 0.3 is 0 Å². The molecule has 1 amide bonds. The number of nitrogens with zero attached hydrogens (tertiary/aromatic N) is 1. The van der Waals surface area contributed by atoms with Gasteiger partial charge in [0.1, 0.15) is 0 Å². The molecular weight excluding hydrogens is 392 g/mol. The van der Waals surface area contributed by atoms with Crippen LogP contribution in [0.15, 0.2) is 64.4 Å². The number of rotatable bonds is 8. The normalized spacial score (nSPS) is 15.3. The molecule has 28 heavy (non-hydrogen) atoms. The number of amides is 1. The van der Waals surface area contributed by atoms with Gasteiger partial charge in [0.2, 0.25) is 10.0 Å². The van der Waals surface area contributed by atoms with Gasteiger partial charge in [0.05, 0.1) is 4.90 Å². The minimum Gasteiger partial charge on any atom is -0.352 e. The Labute approximate surface area is 171 Å². The first kappa shape index (κ1) is 20.9. The number of sulfonamides is 1. The predicted molar refractivity (Wildman–Crippen MR) is 113 cm³/mol. The van der Waals surface area contributed by atoms with Crippen molar-refractivity contribution in [2.45, 2.75) is 35.5 Å². The van der Waals surface area contributed by atoms with Crippen LogP contribution in [0.25, 0.3) is 0 Å². The summed E-state index contributed by atoms with van der Waals surface area (Å²) < 4.78 is 27.1. The van der Waals surface area contributed by atoms with Crippen molar-refractivity contribution in [2.75, 3.05) is 25.4 Å². The Morgan fingerprint density at radius 3 is 2.50 bits per heavy atom. The summed E-state index contributed by atoms with van der Waals surface area (Å²) >= 11 is 1.75. The molecule has 1 fully saturated rings. The number of hydrogen-bond acceptors (Lipinski definition) is 4. The van der Waals surface area contributed by atoms with E-state index in [9.17, 15) is 13.2 Å². The van der Waals surface area contributed by atoms with Gasteiger partial charge in [-0.25, -0.2) is 8.42 Å². The zero-order valence-corrected chi connectivity index (χ0v) is 17.5. The summed E-state index contributed by atoms with van der Waals surface area (Å²) in [6, 6.07) is 16.5. The number of thioether (sulfide) groups is 1. The first-order chi connectivity index (χ1) is 13.6. The minimum atomic E-state index is -3.53. The smallest absolute Gasteiger partial charge is 0.251 e. The Bertz CT molecular complexity index is 880. The van der Waals surface area contributed by atoms with Gasteiger partial charge in [0, 0.05) is 30.1 Å². The SMILES string of the molecule is O=C(NCCCSc1ccccc1)c1cccc(S(=O)(=O)N2CCCCC2)c1. The third kappa shape index (κ3) is 5.59. The molecule has 2 aromatic carbocycles. The van der Waals surface area contributed by atoms with Crippen LogP contribution in [0, 0.1) is 0 Å². The quantitative estimate of drug-likeness (QED) is 0.523. The van der Waals surface area contributed by atoms with Gasteiger partial charge in [-0.2, -0.15) is 4.31 Å². The van der Waals surface area contributed by atoms with E-state index in [1.54, 1.807) is 30.0 Å². The minimum absolute atomic E-state index is 0.196. The summed E-state index contributed by atoms with van der Waals surface area (Å²) in [5.41, 5.74) is 0.383. The number of nitrogens with one attached hydrogen (secondary N) is 1. The molecule has 150 valence electrons. The molecule has 1 aliphatic rings. The average Bonchev–Trinajstić information content (AvgIpc) is 2.75. The van der Waals surface area contributed by atoms with E-state index in [-0.39, 0.29) is 10.8 Å². The summed E-state index contributed by atoms with van der Waals surface area (Å²) in [7, 11) is -3.53. The summed E-state index contributed by atoms with van der Waals surface area (Å²) in [5, 5.41) is 2.88. The van der Waals surface area contributed by atoms with Crippen LogP contribution in [0.4, 0.5) is 0 Å². The fourth-order valence-corrected chi connectivity index (χ4v) is 5.57. The number of piperidine rings is 1. The van der Waals surface area contributed by atoms with E-state index < -0.39 is 10.0 Å². The van der Waals surface area contributed by atoms with Crippen LogP contribution in [-0.2, 0) is 10.0 Å². The topological polar surface area (TPSA) is 66.5 Å². The summed E-state index contributed by atoms with van der Waals surface area (Å²) in [6.07, 6.45) is 3.69. The number of benzene rings is 2. The molecule has 3 rings (SSSR count). The highest BCUT2D eigenvalue weighted by Crippen LogP contribution is 2.21. The Balaban J connectivity index is 1.52. The lowest BCUT2D eigenvalue weighted by Gasteiger charge is -2.26. The van der Waals surface area contributed by atoms with Crippen molar-refractivity contribution < 1.29 is 13.2 Å². The molecule has 0 unspecified atom stereocenters. The maximum absolute atomic E-state index is 12.8. The molecule has 0 aromatic heterocycles. The van der Waals surface area contributed by atoms with E-state index in [1.165, 1.54) is 15.3 Å². The van der Waals surface area contributed by atoms with Crippen molar-refractivity contribution in [1.82, 2.24) is 9.62 Å². The lowest BCUT2D eigenvalue weighted by molar-refractivity contribution is 0.0953. The molecule has 0 bridgehead atoms. The Hall–Kier alpha value is -1.83. The molecule has 0 spiro atoms. The third-order valence-electron chi connectivity index (χ3n) is 4.67. The van der Waals surface area contributed by atoms with Gasteiger partial charge in [-0.05, 0) is 55.3 Å². The van der Waals surface area contributed by atoms with Crippen molar-refractivity contribution in [3.63, 3.8) is 0 Å². The second-order valence-corrected chi connectivity index (χ2v) is 9.87. The van der Waals surface area contributed by atoms with Gasteiger partial charge < -0.3 is 5.32 Å². The Morgan fingerprint density at radius 1 is 1.00 bits per heavy atom. The zero-order valence-electron chi connectivity index (χ0n) is 15.8. The van der Waals surface area contributed by atoms with Gasteiger partial charge in [-0.3, -0.25) is 4.79 Å². The second kappa shape index (κ2) is 10.1. The molecule has 7 heteroatoms. The van der Waals surface area contributed by atoms with E-state index in [2.05, 4.69) is 17.4 Å². The van der Waals surface area contributed by atoms with Crippen LogP contribution < -0.4 is 5.32 Å². The Kier molecular flexibility index (Phi) is 7.53. The molecular formula is C21H26N2O3S2. The maximum Gasteiger partial charge on any atom is 0.251 e. The van der Waals surface area contributed by atoms with Crippen LogP contribution in [-0.4, -0.2) is 44.0 Å². The Morgan fingerprint density at radius 2 is 1.75 bits per heavy atom. The highest BCUT2D eigenvalue weighted by atomic mass is 32.2. The van der Waals surface area contributed by atoms with E-state index in [1.807, 2.05) is 18.2 Å². The third-order valence-corrected chi connectivity index (χ3v) is 7.66. The van der Waals surface area contributed by atoms with Gasteiger partial charge in [-0.1, -0.05) is 30.7 Å². The zero-order chi connectivity index (χ0) is 19.8. The second-order valence-electron chi connectivity index (χ2n) is 6.76. The molecule has 1 heterocycles. The molecule has 0 atom stereocenters. The number of carbonyl (C=O) groups excluding carboxylic acids is 1. The summed E-state index contributed by atoms with van der Waals surface area (Å²) in [5.74, 6) is 0.675. The molecule has 2 aromatic rings. The van der Waals surface area contributed by atoms with Crippen LogP contribution in [0.1, 0.15) is 36.0 Å². The highest BCUT2D eigenvalue weighted by molar-refractivity contribution is 7.99. The van der Waals surface area contributed by atoms with Crippen molar-refractivity contribution in [1.29, 1.82) is 0 Å². The van der Waals surface area contributed by atoms with Gasteiger partial charge in [0.15, 0.2) is 0 Å². The lowest BCUT2D eigenvalue weighted by Crippen LogP contribution is -2.35. The first-order valence-corrected chi connectivity index (χ1v) is 12.1. The fourth-order valence-electron chi connectivity index (χ4n) is 3.14. The maximum atomic E-state index is 12.8. The number of hydrogen-bond donors (Lipinski definition) is 1. The van der Waals surface area contributed by atoms with Crippen LogP contribution >= 0.6 is 11.8 Å². The van der Waals surface area contributed by atoms with E-state index >= 15 is 0 Å². The van der Waals surface area contributed by atoms with Crippen LogP contribution in [0.3, 0.4) is 0 Å². The van der Waals surface area contributed by atoms with Gasteiger partial charge in [-0.15, -0.1) is 11.8 Å². The summed E-state index contributed by atoms with van der Waals surface area (Å²) in [6.45, 7) is 1.66. The van der Waals surface area contributed by atoms with Crippen LogP contribution in [0.5, 0.6) is 0 Å². The summed E-state index contributed by atoms with van der Waals surface area (Å²) in [4.78, 5) is 13.8. The van der Waals surface area contributed by atoms with E-state index in [0.29, 0.717) is 25.2 Å². The molecule has 5 nitrogen and oxygen atoms in total. The van der Waals surface area contributed by atoms with Crippen LogP contribution in [0.2, 0.25) is 0 Å². The van der Waals surface area contributed by atoms with Gasteiger partial charge in [0.25, 0.3) is 5.91 Å². The number of carbonyl (C=O) groups is 1. The van der Waals surface area contributed by atoms with Crippen molar-refractivity contribution >= 4 is 27.7 Å². The lowest BCUT2D eigenvalue weighted by atomic mass is 10.2. The van der Waals surface area contributed by atoms with E-state index in [4.69, 9.17) is 0 Å². The molecule has 0 aliphatic carbocycles. The molecule has 0 saturated carbocycles. The molecule has 1 aliphatic heterocycles. The van der Waals surface area contributed by atoms with Crippen molar-refractivity contribution in [3.8, 4) is 0 Å². The largest absolute Gasteiger partial charge is 0.352 e. The first-order valence-electron chi connectivity index (χ1n) is 9.64. The average molecular weight is 419 g/mol. The van der Waals surface area contributed by atoms with Crippen molar-refractivity contribution in [2.24, 2.45) is 0 Å². The highest BCUT2D eigenvalue weighted by Gasteiger charge is 2.26.